The molecule has 1 saturated heterocycles. The number of nitrogens with zero attached hydrogens (tertiary/aromatic N) is 3. The summed E-state index contributed by atoms with van der Waals surface area (Å²) in [5.74, 6) is 2.32. The predicted octanol–water partition coefficient (Wildman–Crippen LogP) is 4.05. The van der Waals surface area contributed by atoms with Crippen LogP contribution in [0.15, 0.2) is 53.1 Å². The molecular formula is C22H23N3O4. The number of benzene rings is 2. The first-order valence-corrected chi connectivity index (χ1v) is 9.78. The van der Waals surface area contributed by atoms with E-state index in [1.807, 2.05) is 62.4 Å². The summed E-state index contributed by atoms with van der Waals surface area (Å²) in [5, 5.41) is 4.12. The van der Waals surface area contributed by atoms with E-state index in [1.54, 1.807) is 4.90 Å². The first-order valence-electron chi connectivity index (χ1n) is 9.78. The number of rotatable bonds is 7. The first-order chi connectivity index (χ1) is 14.2. The summed E-state index contributed by atoms with van der Waals surface area (Å²) in [5.41, 5.74) is 1.61. The lowest BCUT2D eigenvalue weighted by Crippen LogP contribution is -2.24. The van der Waals surface area contributed by atoms with Crippen molar-refractivity contribution in [3.05, 3.63) is 54.4 Å². The second kappa shape index (κ2) is 8.34. The van der Waals surface area contributed by atoms with Gasteiger partial charge in [0.05, 0.1) is 24.7 Å². The highest BCUT2D eigenvalue weighted by Gasteiger charge is 2.35. The maximum Gasteiger partial charge on any atom is 0.232 e. The van der Waals surface area contributed by atoms with Crippen LogP contribution in [0.3, 0.4) is 0 Å². The third kappa shape index (κ3) is 3.94. The Bertz CT molecular complexity index is 984. The normalized spacial score (nSPS) is 16.3. The van der Waals surface area contributed by atoms with Crippen molar-refractivity contribution < 1.29 is 18.8 Å². The molecule has 1 aliphatic heterocycles. The molecule has 0 aliphatic carbocycles. The number of carbonyl (C=O) groups is 1. The third-order valence-electron chi connectivity index (χ3n) is 4.80. The van der Waals surface area contributed by atoms with Gasteiger partial charge in [-0.05, 0) is 50.2 Å². The van der Waals surface area contributed by atoms with E-state index in [4.69, 9.17) is 14.0 Å². The van der Waals surface area contributed by atoms with Crippen molar-refractivity contribution in [1.82, 2.24) is 10.1 Å². The van der Waals surface area contributed by atoms with Gasteiger partial charge in [0.15, 0.2) is 0 Å². The SMILES string of the molecule is CCOc1ccc(N2CC(c3nc(-c4ccccc4OCC)no3)CC2=O)cc1. The van der Waals surface area contributed by atoms with E-state index in [9.17, 15) is 4.79 Å². The third-order valence-corrected chi connectivity index (χ3v) is 4.80. The van der Waals surface area contributed by atoms with Gasteiger partial charge in [-0.25, -0.2) is 0 Å². The van der Waals surface area contributed by atoms with Gasteiger partial charge in [0.25, 0.3) is 0 Å². The largest absolute Gasteiger partial charge is 0.494 e. The standard InChI is InChI=1S/C22H23N3O4/c1-3-27-17-11-9-16(10-12-17)25-14-15(13-20(25)26)22-23-21(24-29-22)18-7-5-6-8-19(18)28-4-2/h5-12,15H,3-4,13-14H2,1-2H3. The van der Waals surface area contributed by atoms with Crippen molar-refractivity contribution in [3.8, 4) is 22.9 Å². The van der Waals surface area contributed by atoms with E-state index in [2.05, 4.69) is 10.1 Å². The highest BCUT2D eigenvalue weighted by Crippen LogP contribution is 2.34. The molecule has 1 aliphatic rings. The minimum absolute atomic E-state index is 0.0358. The van der Waals surface area contributed by atoms with Crippen molar-refractivity contribution in [3.63, 3.8) is 0 Å². The average molecular weight is 393 g/mol. The molecule has 2 aromatic carbocycles. The second-order valence-electron chi connectivity index (χ2n) is 6.72. The molecule has 3 aromatic rings. The summed E-state index contributed by atoms with van der Waals surface area (Å²) in [6.45, 7) is 5.53. The van der Waals surface area contributed by atoms with Gasteiger partial charge in [-0.2, -0.15) is 4.98 Å². The van der Waals surface area contributed by atoms with E-state index in [1.165, 1.54) is 0 Å². The van der Waals surface area contributed by atoms with Crippen LogP contribution in [0.4, 0.5) is 5.69 Å². The average Bonchev–Trinajstić information content (AvgIpc) is 3.37. The Labute approximate surface area is 169 Å². The molecule has 0 N–H and O–H groups in total. The van der Waals surface area contributed by atoms with Crippen molar-refractivity contribution in [2.45, 2.75) is 26.2 Å². The maximum atomic E-state index is 12.6. The number of anilines is 1. The molecule has 0 radical (unpaired) electrons. The van der Waals surface area contributed by atoms with E-state index in [0.717, 1.165) is 17.0 Å². The minimum Gasteiger partial charge on any atom is -0.494 e. The van der Waals surface area contributed by atoms with E-state index >= 15 is 0 Å². The number of carbonyl (C=O) groups excluding carboxylic acids is 1. The van der Waals surface area contributed by atoms with Crippen molar-refractivity contribution in [1.29, 1.82) is 0 Å². The summed E-state index contributed by atoms with van der Waals surface area (Å²) in [4.78, 5) is 18.9. The zero-order valence-electron chi connectivity index (χ0n) is 16.5. The fourth-order valence-electron chi connectivity index (χ4n) is 3.45. The predicted molar refractivity (Wildman–Crippen MR) is 108 cm³/mol. The highest BCUT2D eigenvalue weighted by atomic mass is 16.5. The fraction of sp³-hybridized carbons (Fsp3) is 0.318. The number of hydrogen-bond acceptors (Lipinski definition) is 6. The Balaban J connectivity index is 1.51. The van der Waals surface area contributed by atoms with Gasteiger partial charge in [0.1, 0.15) is 11.5 Å². The molecule has 2 heterocycles. The molecule has 4 rings (SSSR count). The number of para-hydroxylation sites is 1. The molecule has 7 heteroatoms. The van der Waals surface area contributed by atoms with Crippen LogP contribution in [0, 0.1) is 0 Å². The highest BCUT2D eigenvalue weighted by molar-refractivity contribution is 5.96. The summed E-state index contributed by atoms with van der Waals surface area (Å²) < 4.78 is 16.6. The molecule has 0 saturated carbocycles. The van der Waals surface area contributed by atoms with Crippen LogP contribution in [-0.2, 0) is 4.79 Å². The topological polar surface area (TPSA) is 77.7 Å². The van der Waals surface area contributed by atoms with Crippen LogP contribution in [0.1, 0.15) is 32.1 Å². The van der Waals surface area contributed by atoms with Gasteiger partial charge in [-0.1, -0.05) is 17.3 Å². The minimum atomic E-state index is -0.144. The second-order valence-corrected chi connectivity index (χ2v) is 6.72. The Morgan fingerprint density at radius 2 is 1.83 bits per heavy atom. The molecule has 1 aromatic heterocycles. The smallest absolute Gasteiger partial charge is 0.232 e. The molecule has 0 bridgehead atoms. The molecule has 0 spiro atoms. The molecule has 7 nitrogen and oxygen atoms in total. The van der Waals surface area contributed by atoms with Crippen LogP contribution < -0.4 is 14.4 Å². The number of hydrogen-bond donors (Lipinski definition) is 0. The Morgan fingerprint density at radius 3 is 2.59 bits per heavy atom. The molecule has 1 fully saturated rings. The Hall–Kier alpha value is -3.35. The van der Waals surface area contributed by atoms with Crippen LogP contribution in [0.2, 0.25) is 0 Å². The first kappa shape index (κ1) is 19.0. The van der Waals surface area contributed by atoms with Crippen molar-refractivity contribution in [2.24, 2.45) is 0 Å². The van der Waals surface area contributed by atoms with Gasteiger partial charge in [-0.3, -0.25) is 4.79 Å². The molecular weight excluding hydrogens is 370 g/mol. The fourth-order valence-corrected chi connectivity index (χ4v) is 3.45. The summed E-state index contributed by atoms with van der Waals surface area (Å²) in [7, 11) is 0. The molecule has 1 atom stereocenters. The van der Waals surface area contributed by atoms with Crippen LogP contribution in [0.25, 0.3) is 11.4 Å². The quantitative estimate of drug-likeness (QED) is 0.603. The lowest BCUT2D eigenvalue weighted by molar-refractivity contribution is -0.117. The molecule has 1 unspecified atom stereocenters. The van der Waals surface area contributed by atoms with Crippen LogP contribution >= 0.6 is 0 Å². The zero-order valence-corrected chi connectivity index (χ0v) is 16.5. The molecule has 1 amide bonds. The zero-order chi connectivity index (χ0) is 20.2. The van der Waals surface area contributed by atoms with E-state index in [0.29, 0.717) is 43.6 Å². The van der Waals surface area contributed by atoms with Crippen LogP contribution in [-0.4, -0.2) is 35.8 Å². The maximum absolute atomic E-state index is 12.6. The molecule has 150 valence electrons. The van der Waals surface area contributed by atoms with Crippen molar-refractivity contribution >= 4 is 11.6 Å². The lowest BCUT2D eigenvalue weighted by atomic mass is 10.1. The number of aromatic nitrogens is 2. The van der Waals surface area contributed by atoms with Gasteiger partial charge in [-0.15, -0.1) is 0 Å². The van der Waals surface area contributed by atoms with Gasteiger partial charge in [0.2, 0.25) is 17.6 Å². The van der Waals surface area contributed by atoms with Crippen molar-refractivity contribution in [2.75, 3.05) is 24.7 Å². The number of amides is 1. The Morgan fingerprint density at radius 1 is 1.07 bits per heavy atom. The van der Waals surface area contributed by atoms with Gasteiger partial charge >= 0.3 is 0 Å². The van der Waals surface area contributed by atoms with Gasteiger partial charge < -0.3 is 18.9 Å². The lowest BCUT2D eigenvalue weighted by Gasteiger charge is -2.16. The van der Waals surface area contributed by atoms with E-state index in [-0.39, 0.29) is 11.8 Å². The summed E-state index contributed by atoms with van der Waals surface area (Å²) in [6.07, 6.45) is 0.335. The summed E-state index contributed by atoms with van der Waals surface area (Å²) >= 11 is 0. The van der Waals surface area contributed by atoms with Gasteiger partial charge in [0, 0.05) is 18.7 Å². The Kier molecular flexibility index (Phi) is 5.46. The monoisotopic (exact) mass is 393 g/mol. The molecule has 29 heavy (non-hydrogen) atoms. The van der Waals surface area contributed by atoms with E-state index < -0.39 is 0 Å². The summed E-state index contributed by atoms with van der Waals surface area (Å²) in [6, 6.07) is 15.1. The number of ether oxygens (including phenoxy) is 2. The van der Waals surface area contributed by atoms with Crippen LogP contribution in [0.5, 0.6) is 11.5 Å².